The fourth-order valence-electron chi connectivity index (χ4n) is 2.38. The van der Waals surface area contributed by atoms with Gasteiger partial charge < -0.3 is 14.8 Å². The maximum absolute atomic E-state index is 12.5. The van der Waals surface area contributed by atoms with Crippen LogP contribution in [0.15, 0.2) is 54.7 Å². The Kier molecular flexibility index (Phi) is 4.10. The average molecular weight is 308 g/mol. The number of anilines is 1. The lowest BCUT2D eigenvalue weighted by atomic mass is 10.1. The molecule has 0 bridgehead atoms. The summed E-state index contributed by atoms with van der Waals surface area (Å²) in [6.45, 7) is 0. The van der Waals surface area contributed by atoms with Crippen LogP contribution in [0.25, 0.3) is 10.9 Å². The Morgan fingerprint density at radius 3 is 2.70 bits per heavy atom. The minimum Gasteiger partial charge on any atom is -0.497 e. The molecule has 23 heavy (non-hydrogen) atoms. The van der Waals surface area contributed by atoms with Crippen LogP contribution in [0.3, 0.4) is 0 Å². The normalized spacial score (nSPS) is 10.3. The number of aromatic nitrogens is 1. The molecule has 1 amide bonds. The minimum absolute atomic E-state index is 0.209. The Hall–Kier alpha value is -3.08. The third-order valence-electron chi connectivity index (χ3n) is 3.53. The second-order valence-electron chi connectivity index (χ2n) is 4.90. The summed E-state index contributed by atoms with van der Waals surface area (Å²) in [6, 6.07) is 14.3. The van der Waals surface area contributed by atoms with Crippen molar-refractivity contribution in [1.29, 1.82) is 0 Å². The van der Waals surface area contributed by atoms with E-state index in [1.54, 1.807) is 56.8 Å². The molecule has 2 aromatic carbocycles. The molecular weight excluding hydrogens is 292 g/mol. The number of hydrogen-bond donors (Lipinski definition) is 1. The molecule has 0 aliphatic rings. The summed E-state index contributed by atoms with van der Waals surface area (Å²) in [5.74, 6) is 1.10. The van der Waals surface area contributed by atoms with Crippen molar-refractivity contribution < 1.29 is 14.3 Å². The predicted molar refractivity (Wildman–Crippen MR) is 89.2 cm³/mol. The summed E-state index contributed by atoms with van der Waals surface area (Å²) < 4.78 is 10.5. The molecule has 1 aromatic heterocycles. The van der Waals surface area contributed by atoms with E-state index in [4.69, 9.17) is 9.47 Å². The summed E-state index contributed by atoms with van der Waals surface area (Å²) in [6.07, 6.45) is 1.69. The van der Waals surface area contributed by atoms with Crippen molar-refractivity contribution in [2.24, 2.45) is 0 Å². The van der Waals surface area contributed by atoms with Crippen molar-refractivity contribution in [1.82, 2.24) is 4.98 Å². The van der Waals surface area contributed by atoms with Crippen LogP contribution in [0.4, 0.5) is 5.69 Å². The lowest BCUT2D eigenvalue weighted by Gasteiger charge is -2.11. The minimum atomic E-state index is -0.209. The van der Waals surface area contributed by atoms with E-state index in [1.807, 2.05) is 12.1 Å². The van der Waals surface area contributed by atoms with Crippen LogP contribution in [0, 0.1) is 0 Å². The molecule has 5 heteroatoms. The Labute approximate surface area is 133 Å². The van der Waals surface area contributed by atoms with Crippen LogP contribution in [-0.4, -0.2) is 25.1 Å². The first-order chi connectivity index (χ1) is 11.2. The molecule has 0 aliphatic heterocycles. The Morgan fingerprint density at radius 2 is 1.91 bits per heavy atom. The van der Waals surface area contributed by atoms with Crippen LogP contribution >= 0.6 is 0 Å². The molecule has 116 valence electrons. The fourth-order valence-corrected chi connectivity index (χ4v) is 2.38. The van der Waals surface area contributed by atoms with Gasteiger partial charge in [0.05, 0.1) is 19.9 Å². The molecule has 3 aromatic rings. The van der Waals surface area contributed by atoms with Gasteiger partial charge in [0, 0.05) is 17.1 Å². The Morgan fingerprint density at radius 1 is 1.04 bits per heavy atom. The first-order valence-electron chi connectivity index (χ1n) is 7.10. The first-order valence-corrected chi connectivity index (χ1v) is 7.10. The van der Waals surface area contributed by atoms with Crippen molar-refractivity contribution in [2.75, 3.05) is 19.5 Å². The quantitative estimate of drug-likeness (QED) is 0.801. The summed E-state index contributed by atoms with van der Waals surface area (Å²) in [5, 5.41) is 3.74. The molecule has 0 atom stereocenters. The SMILES string of the molecule is COc1cccc(C(=O)Nc2ccc(OC)c3ncccc23)c1. The summed E-state index contributed by atoms with van der Waals surface area (Å²) in [7, 11) is 3.16. The van der Waals surface area contributed by atoms with Gasteiger partial charge >= 0.3 is 0 Å². The van der Waals surface area contributed by atoms with E-state index in [9.17, 15) is 4.79 Å². The van der Waals surface area contributed by atoms with Crippen LogP contribution in [0.1, 0.15) is 10.4 Å². The van der Waals surface area contributed by atoms with Gasteiger partial charge in [-0.3, -0.25) is 9.78 Å². The standard InChI is InChI=1S/C18H16N2O3/c1-22-13-6-3-5-12(11-13)18(21)20-15-8-9-16(23-2)17-14(15)7-4-10-19-17/h3-11H,1-2H3,(H,20,21). The number of nitrogens with zero attached hydrogens (tertiary/aromatic N) is 1. The molecule has 1 heterocycles. The summed E-state index contributed by atoms with van der Waals surface area (Å²) in [4.78, 5) is 16.8. The highest BCUT2D eigenvalue weighted by molar-refractivity contribution is 6.09. The molecule has 3 rings (SSSR count). The molecule has 0 fully saturated rings. The highest BCUT2D eigenvalue weighted by atomic mass is 16.5. The zero-order chi connectivity index (χ0) is 16.2. The van der Waals surface area contributed by atoms with Gasteiger partial charge in [0.1, 0.15) is 17.0 Å². The van der Waals surface area contributed by atoms with E-state index in [2.05, 4.69) is 10.3 Å². The smallest absolute Gasteiger partial charge is 0.255 e. The predicted octanol–water partition coefficient (Wildman–Crippen LogP) is 3.50. The van der Waals surface area contributed by atoms with E-state index < -0.39 is 0 Å². The number of fused-ring (bicyclic) bond motifs is 1. The third-order valence-corrected chi connectivity index (χ3v) is 3.53. The number of hydrogen-bond acceptors (Lipinski definition) is 4. The number of ether oxygens (including phenoxy) is 2. The number of nitrogens with one attached hydrogen (secondary N) is 1. The van der Waals surface area contributed by atoms with Gasteiger partial charge in [-0.25, -0.2) is 0 Å². The second kappa shape index (κ2) is 6.36. The third kappa shape index (κ3) is 2.94. The van der Waals surface area contributed by atoms with Crippen molar-refractivity contribution >= 4 is 22.5 Å². The van der Waals surface area contributed by atoms with Crippen molar-refractivity contribution in [2.45, 2.75) is 0 Å². The molecule has 1 N–H and O–H groups in total. The number of pyridine rings is 1. The number of benzene rings is 2. The van der Waals surface area contributed by atoms with Crippen LogP contribution in [0.2, 0.25) is 0 Å². The topological polar surface area (TPSA) is 60.5 Å². The largest absolute Gasteiger partial charge is 0.497 e. The first kappa shape index (κ1) is 14.8. The number of amides is 1. The van der Waals surface area contributed by atoms with Gasteiger partial charge in [-0.05, 0) is 42.5 Å². The van der Waals surface area contributed by atoms with Gasteiger partial charge in [0.15, 0.2) is 0 Å². The van der Waals surface area contributed by atoms with Crippen LogP contribution in [-0.2, 0) is 0 Å². The van der Waals surface area contributed by atoms with Gasteiger partial charge in [0.25, 0.3) is 5.91 Å². The average Bonchev–Trinajstić information content (AvgIpc) is 2.62. The van der Waals surface area contributed by atoms with Crippen molar-refractivity contribution in [3.05, 3.63) is 60.3 Å². The van der Waals surface area contributed by atoms with E-state index in [0.29, 0.717) is 28.3 Å². The summed E-state index contributed by atoms with van der Waals surface area (Å²) in [5.41, 5.74) is 1.91. The lowest BCUT2D eigenvalue weighted by Crippen LogP contribution is -2.12. The molecule has 0 unspecified atom stereocenters. The molecule has 0 radical (unpaired) electrons. The maximum Gasteiger partial charge on any atom is 0.255 e. The number of methoxy groups -OCH3 is 2. The number of carbonyl (C=O) groups excluding carboxylic acids is 1. The van der Waals surface area contributed by atoms with E-state index in [1.165, 1.54) is 0 Å². The molecule has 5 nitrogen and oxygen atoms in total. The zero-order valence-corrected chi connectivity index (χ0v) is 12.9. The second-order valence-corrected chi connectivity index (χ2v) is 4.90. The molecule has 0 aliphatic carbocycles. The van der Waals surface area contributed by atoms with Crippen molar-refractivity contribution in [3.8, 4) is 11.5 Å². The summed E-state index contributed by atoms with van der Waals surface area (Å²) >= 11 is 0. The van der Waals surface area contributed by atoms with Crippen LogP contribution < -0.4 is 14.8 Å². The molecule has 0 spiro atoms. The zero-order valence-electron chi connectivity index (χ0n) is 12.9. The lowest BCUT2D eigenvalue weighted by molar-refractivity contribution is 0.102. The van der Waals surface area contributed by atoms with Crippen LogP contribution in [0.5, 0.6) is 11.5 Å². The fraction of sp³-hybridized carbons (Fsp3) is 0.111. The van der Waals surface area contributed by atoms with E-state index in [0.717, 1.165) is 5.39 Å². The van der Waals surface area contributed by atoms with E-state index >= 15 is 0 Å². The van der Waals surface area contributed by atoms with Gasteiger partial charge in [-0.2, -0.15) is 0 Å². The highest BCUT2D eigenvalue weighted by Crippen LogP contribution is 2.30. The van der Waals surface area contributed by atoms with Gasteiger partial charge in [0.2, 0.25) is 0 Å². The van der Waals surface area contributed by atoms with E-state index in [-0.39, 0.29) is 5.91 Å². The number of rotatable bonds is 4. The highest BCUT2D eigenvalue weighted by Gasteiger charge is 2.12. The number of carbonyl (C=O) groups is 1. The maximum atomic E-state index is 12.5. The van der Waals surface area contributed by atoms with Crippen molar-refractivity contribution in [3.63, 3.8) is 0 Å². The monoisotopic (exact) mass is 308 g/mol. The Balaban J connectivity index is 1.96. The molecular formula is C18H16N2O3. The molecule has 0 saturated heterocycles. The van der Waals surface area contributed by atoms with Gasteiger partial charge in [-0.15, -0.1) is 0 Å². The van der Waals surface area contributed by atoms with Gasteiger partial charge in [-0.1, -0.05) is 6.07 Å². The molecule has 0 saturated carbocycles. The Bertz CT molecular complexity index is 862.